The number of carboxylic acid groups (broad SMARTS) is 1. The van der Waals surface area contributed by atoms with Crippen molar-refractivity contribution in [3.05, 3.63) is 40.3 Å². The first-order chi connectivity index (χ1) is 9.34. The molecule has 0 aliphatic rings. The number of hydrogen-bond acceptors (Lipinski definition) is 5. The number of carbonyl (C=O) groups is 1. The van der Waals surface area contributed by atoms with Crippen LogP contribution in [0.4, 0.5) is 5.69 Å². The lowest BCUT2D eigenvalue weighted by Gasteiger charge is -2.18. The van der Waals surface area contributed by atoms with Crippen LogP contribution >= 0.6 is 11.3 Å². The molecule has 6 nitrogen and oxygen atoms in total. The number of rotatable bonds is 4. The molecule has 0 unspecified atom stereocenters. The van der Waals surface area contributed by atoms with Gasteiger partial charge in [-0.1, -0.05) is 0 Å². The standard InChI is InChI=1S/C12H12N2O4S2/c1-8-11(6-10(19-8)12(15)16)20(17,18)14(2)9-4-3-5-13-7-9/h3-7H,1-2H3,(H,15,16). The van der Waals surface area contributed by atoms with Crippen LogP contribution in [0.1, 0.15) is 14.5 Å². The van der Waals surface area contributed by atoms with Gasteiger partial charge >= 0.3 is 5.97 Å². The predicted molar refractivity (Wildman–Crippen MR) is 75.8 cm³/mol. The zero-order valence-corrected chi connectivity index (χ0v) is 12.4. The molecule has 2 aromatic rings. The van der Waals surface area contributed by atoms with Crippen LogP contribution in [0.15, 0.2) is 35.5 Å². The van der Waals surface area contributed by atoms with Gasteiger partial charge in [0.25, 0.3) is 10.0 Å². The Kier molecular flexibility index (Phi) is 3.78. The van der Waals surface area contributed by atoms with E-state index in [2.05, 4.69) is 4.98 Å². The molecule has 0 fully saturated rings. The van der Waals surface area contributed by atoms with E-state index in [4.69, 9.17) is 5.11 Å². The van der Waals surface area contributed by atoms with Crippen LogP contribution in [0.5, 0.6) is 0 Å². The molecule has 2 heterocycles. The van der Waals surface area contributed by atoms with Crippen LogP contribution in [0, 0.1) is 6.92 Å². The summed E-state index contributed by atoms with van der Waals surface area (Å²) < 4.78 is 26.1. The summed E-state index contributed by atoms with van der Waals surface area (Å²) in [5.41, 5.74) is 0.412. The quantitative estimate of drug-likeness (QED) is 0.932. The van der Waals surface area contributed by atoms with E-state index in [1.807, 2.05) is 0 Å². The van der Waals surface area contributed by atoms with Crippen LogP contribution in [0.3, 0.4) is 0 Å². The Balaban J connectivity index is 2.48. The second kappa shape index (κ2) is 5.22. The van der Waals surface area contributed by atoms with Crippen molar-refractivity contribution < 1.29 is 18.3 Å². The molecule has 1 N–H and O–H groups in total. The number of thiophene rings is 1. The zero-order chi connectivity index (χ0) is 14.9. The third-order valence-corrected chi connectivity index (χ3v) is 5.81. The lowest BCUT2D eigenvalue weighted by molar-refractivity contribution is 0.0702. The molecule has 2 rings (SSSR count). The van der Waals surface area contributed by atoms with E-state index in [-0.39, 0.29) is 9.77 Å². The summed E-state index contributed by atoms with van der Waals surface area (Å²) in [5.74, 6) is -1.14. The molecule has 0 aromatic carbocycles. The lowest BCUT2D eigenvalue weighted by atomic mass is 10.4. The van der Waals surface area contributed by atoms with Crippen molar-refractivity contribution in [2.75, 3.05) is 11.4 Å². The first-order valence-electron chi connectivity index (χ1n) is 5.56. The number of aromatic nitrogens is 1. The van der Waals surface area contributed by atoms with E-state index in [0.717, 1.165) is 15.6 Å². The molecule has 0 saturated carbocycles. The maximum Gasteiger partial charge on any atom is 0.345 e. The minimum Gasteiger partial charge on any atom is -0.477 e. The van der Waals surface area contributed by atoms with Crippen molar-refractivity contribution in [3.8, 4) is 0 Å². The number of sulfonamides is 1. The number of anilines is 1. The molecule has 106 valence electrons. The van der Waals surface area contributed by atoms with E-state index >= 15 is 0 Å². The summed E-state index contributed by atoms with van der Waals surface area (Å²) >= 11 is 0.941. The molecule has 8 heteroatoms. The fraction of sp³-hybridized carbons (Fsp3) is 0.167. The number of hydrogen-bond donors (Lipinski definition) is 1. The minimum atomic E-state index is -3.79. The summed E-state index contributed by atoms with van der Waals surface area (Å²) in [6.07, 6.45) is 2.97. The number of aryl methyl sites for hydroxylation is 1. The molecule has 0 atom stereocenters. The minimum absolute atomic E-state index is 0.000613. The average Bonchev–Trinajstić information content (AvgIpc) is 2.82. The lowest BCUT2D eigenvalue weighted by Crippen LogP contribution is -2.26. The van der Waals surface area contributed by atoms with Crippen molar-refractivity contribution in [2.45, 2.75) is 11.8 Å². The highest BCUT2D eigenvalue weighted by atomic mass is 32.2. The Morgan fingerprint density at radius 3 is 2.65 bits per heavy atom. The average molecular weight is 312 g/mol. The molecular formula is C12H12N2O4S2. The molecular weight excluding hydrogens is 300 g/mol. The van der Waals surface area contributed by atoms with Crippen molar-refractivity contribution in [1.82, 2.24) is 4.98 Å². The normalized spacial score (nSPS) is 11.3. The van der Waals surface area contributed by atoms with Crippen LogP contribution in [0.25, 0.3) is 0 Å². The molecule has 0 bridgehead atoms. The van der Waals surface area contributed by atoms with Gasteiger partial charge in [0.1, 0.15) is 9.77 Å². The highest BCUT2D eigenvalue weighted by molar-refractivity contribution is 7.93. The third kappa shape index (κ3) is 2.52. The first-order valence-corrected chi connectivity index (χ1v) is 7.82. The van der Waals surface area contributed by atoms with Gasteiger partial charge in [-0.15, -0.1) is 11.3 Å². The molecule has 0 spiro atoms. The Morgan fingerprint density at radius 1 is 1.45 bits per heavy atom. The van der Waals surface area contributed by atoms with E-state index in [1.54, 1.807) is 25.3 Å². The third-order valence-electron chi connectivity index (χ3n) is 2.73. The van der Waals surface area contributed by atoms with Gasteiger partial charge in [-0.2, -0.15) is 0 Å². The summed E-state index contributed by atoms with van der Waals surface area (Å²) in [6, 6.07) is 4.43. The van der Waals surface area contributed by atoms with Crippen LogP contribution in [-0.4, -0.2) is 31.5 Å². The van der Waals surface area contributed by atoms with Crippen molar-refractivity contribution in [1.29, 1.82) is 0 Å². The zero-order valence-electron chi connectivity index (χ0n) is 10.8. The smallest absolute Gasteiger partial charge is 0.345 e. The second-order valence-electron chi connectivity index (χ2n) is 4.02. The Labute approximate surface area is 120 Å². The van der Waals surface area contributed by atoms with E-state index in [9.17, 15) is 13.2 Å². The molecule has 0 aliphatic heterocycles. The highest BCUT2D eigenvalue weighted by Crippen LogP contribution is 2.29. The van der Waals surface area contributed by atoms with Crippen molar-refractivity contribution in [2.24, 2.45) is 0 Å². The molecule has 0 aliphatic carbocycles. The van der Waals surface area contributed by atoms with Crippen LogP contribution in [0.2, 0.25) is 0 Å². The molecule has 0 radical (unpaired) electrons. The Hall–Kier alpha value is -1.93. The molecule has 0 saturated heterocycles. The van der Waals surface area contributed by atoms with Crippen LogP contribution in [-0.2, 0) is 10.0 Å². The second-order valence-corrected chi connectivity index (χ2v) is 7.21. The van der Waals surface area contributed by atoms with Gasteiger partial charge in [-0.25, -0.2) is 13.2 Å². The Bertz CT molecular complexity index is 738. The fourth-order valence-electron chi connectivity index (χ4n) is 1.65. The van der Waals surface area contributed by atoms with E-state index in [0.29, 0.717) is 10.6 Å². The van der Waals surface area contributed by atoms with Crippen molar-refractivity contribution in [3.63, 3.8) is 0 Å². The number of aromatic carboxylic acids is 1. The number of carboxylic acids is 1. The summed E-state index contributed by atoms with van der Waals surface area (Å²) in [7, 11) is -2.39. The summed E-state index contributed by atoms with van der Waals surface area (Å²) in [5, 5.41) is 8.94. The van der Waals surface area contributed by atoms with Gasteiger partial charge in [-0.05, 0) is 25.1 Å². The fourth-order valence-corrected chi connectivity index (χ4v) is 4.23. The maximum atomic E-state index is 12.5. The van der Waals surface area contributed by atoms with Gasteiger partial charge in [0.05, 0.1) is 11.9 Å². The highest BCUT2D eigenvalue weighted by Gasteiger charge is 2.26. The molecule has 2 aromatic heterocycles. The predicted octanol–water partition coefficient (Wildman–Crippen LogP) is 1.97. The van der Waals surface area contributed by atoms with Crippen LogP contribution < -0.4 is 4.31 Å². The first kappa shape index (κ1) is 14.5. The Morgan fingerprint density at radius 2 is 2.15 bits per heavy atom. The van der Waals surface area contributed by atoms with Crippen molar-refractivity contribution >= 4 is 33.0 Å². The van der Waals surface area contributed by atoms with Gasteiger partial charge < -0.3 is 5.11 Å². The number of pyridine rings is 1. The SMILES string of the molecule is Cc1sc(C(=O)O)cc1S(=O)(=O)N(C)c1cccnc1. The summed E-state index contributed by atoms with van der Waals surface area (Å²) in [6.45, 7) is 1.58. The largest absolute Gasteiger partial charge is 0.477 e. The molecule has 0 amide bonds. The topological polar surface area (TPSA) is 87.6 Å². The molecule has 20 heavy (non-hydrogen) atoms. The number of nitrogens with zero attached hydrogens (tertiary/aromatic N) is 2. The van der Waals surface area contributed by atoms with Gasteiger partial charge in [-0.3, -0.25) is 9.29 Å². The van der Waals surface area contributed by atoms with Gasteiger partial charge in [0.2, 0.25) is 0 Å². The maximum absolute atomic E-state index is 12.5. The van der Waals surface area contributed by atoms with E-state index < -0.39 is 16.0 Å². The van der Waals surface area contributed by atoms with Gasteiger partial charge in [0.15, 0.2) is 0 Å². The monoisotopic (exact) mass is 312 g/mol. The summed E-state index contributed by atoms with van der Waals surface area (Å²) in [4.78, 5) is 15.2. The van der Waals surface area contributed by atoms with E-state index in [1.165, 1.54) is 19.3 Å². The van der Waals surface area contributed by atoms with Gasteiger partial charge in [0, 0.05) is 18.1 Å².